The third-order valence-electron chi connectivity index (χ3n) is 2.88. The normalized spacial score (nSPS) is 10.7. The molecule has 7 heteroatoms. The third kappa shape index (κ3) is 4.01. The zero-order chi connectivity index (χ0) is 15.4. The predicted molar refractivity (Wildman–Crippen MR) is 72.2 cm³/mol. The van der Waals surface area contributed by atoms with E-state index in [1.807, 2.05) is 13.1 Å². The van der Waals surface area contributed by atoms with E-state index in [1.54, 1.807) is 11.7 Å². The molecule has 0 aliphatic rings. The molecule has 0 unspecified atom stereocenters. The van der Waals surface area contributed by atoms with Crippen LogP contribution in [0.25, 0.3) is 0 Å². The summed E-state index contributed by atoms with van der Waals surface area (Å²) in [4.78, 5) is 12.0. The maximum atomic E-state index is 12.1. The van der Waals surface area contributed by atoms with Gasteiger partial charge in [-0.05, 0) is 25.1 Å². The molecule has 0 bridgehead atoms. The fourth-order valence-corrected chi connectivity index (χ4v) is 1.91. The van der Waals surface area contributed by atoms with Crippen LogP contribution in [0.5, 0.6) is 5.75 Å². The van der Waals surface area contributed by atoms with Crippen LogP contribution in [0, 0.1) is 6.92 Å². The van der Waals surface area contributed by atoms with E-state index < -0.39 is 6.61 Å². The predicted octanol–water partition coefficient (Wildman–Crippen LogP) is 2.26. The Kier molecular flexibility index (Phi) is 4.52. The lowest BCUT2D eigenvalue weighted by molar-refractivity contribution is -0.0498. The topological polar surface area (TPSA) is 56.2 Å². The van der Waals surface area contributed by atoms with Crippen LogP contribution < -0.4 is 10.1 Å². The molecule has 1 aromatic heterocycles. The quantitative estimate of drug-likeness (QED) is 0.920. The molecule has 2 rings (SSSR count). The summed E-state index contributed by atoms with van der Waals surface area (Å²) in [5, 5.41) is 6.89. The molecule has 5 nitrogen and oxygen atoms in total. The van der Waals surface area contributed by atoms with Crippen LogP contribution in [0.1, 0.15) is 21.6 Å². The van der Waals surface area contributed by atoms with Gasteiger partial charge < -0.3 is 10.1 Å². The van der Waals surface area contributed by atoms with Gasteiger partial charge in [-0.3, -0.25) is 9.48 Å². The van der Waals surface area contributed by atoms with Gasteiger partial charge in [-0.2, -0.15) is 13.9 Å². The Bertz CT molecular complexity index is 641. The number of aromatic nitrogens is 2. The van der Waals surface area contributed by atoms with Crippen molar-refractivity contribution in [2.75, 3.05) is 0 Å². The van der Waals surface area contributed by atoms with Gasteiger partial charge in [0.2, 0.25) is 0 Å². The summed E-state index contributed by atoms with van der Waals surface area (Å²) < 4.78 is 30.2. The van der Waals surface area contributed by atoms with Crippen molar-refractivity contribution in [3.63, 3.8) is 0 Å². The fourth-order valence-electron chi connectivity index (χ4n) is 1.91. The molecule has 21 heavy (non-hydrogen) atoms. The lowest BCUT2D eigenvalue weighted by atomic mass is 10.2. The van der Waals surface area contributed by atoms with Crippen molar-refractivity contribution in [2.45, 2.75) is 20.1 Å². The van der Waals surface area contributed by atoms with Gasteiger partial charge in [-0.25, -0.2) is 0 Å². The second kappa shape index (κ2) is 6.34. The second-order valence-electron chi connectivity index (χ2n) is 4.50. The lowest BCUT2D eigenvalue weighted by Gasteiger charge is -2.07. The number of benzene rings is 1. The summed E-state index contributed by atoms with van der Waals surface area (Å²) >= 11 is 0. The highest BCUT2D eigenvalue weighted by Crippen LogP contribution is 2.16. The van der Waals surface area contributed by atoms with Crippen molar-refractivity contribution in [1.82, 2.24) is 15.1 Å². The monoisotopic (exact) mass is 295 g/mol. The van der Waals surface area contributed by atoms with Crippen LogP contribution in [-0.2, 0) is 13.6 Å². The Morgan fingerprint density at radius 3 is 2.86 bits per heavy atom. The first-order valence-electron chi connectivity index (χ1n) is 6.28. The van der Waals surface area contributed by atoms with Gasteiger partial charge in [0, 0.05) is 30.9 Å². The van der Waals surface area contributed by atoms with Gasteiger partial charge in [-0.1, -0.05) is 6.07 Å². The smallest absolute Gasteiger partial charge is 0.387 e. The molecule has 112 valence electrons. The number of ether oxygens (including phenoxy) is 1. The van der Waals surface area contributed by atoms with Gasteiger partial charge in [-0.15, -0.1) is 0 Å². The number of amides is 1. The Balaban J connectivity index is 2.01. The zero-order valence-electron chi connectivity index (χ0n) is 11.6. The minimum atomic E-state index is -2.92. The standard InChI is InChI=1S/C14H15F2N3O2/c1-9-11(8-19(2)18-9)7-17-13(20)10-4-3-5-12(6-10)21-14(15)16/h3-6,8,14H,7H2,1-2H3,(H,17,20). The SMILES string of the molecule is Cc1nn(C)cc1CNC(=O)c1cccc(OC(F)F)c1. The van der Waals surface area contributed by atoms with Crippen LogP contribution in [0.3, 0.4) is 0 Å². The second-order valence-corrected chi connectivity index (χ2v) is 4.50. The molecule has 1 aromatic carbocycles. The average Bonchev–Trinajstić information content (AvgIpc) is 2.74. The van der Waals surface area contributed by atoms with Crippen molar-refractivity contribution < 1.29 is 18.3 Å². The number of nitrogens with zero attached hydrogens (tertiary/aromatic N) is 2. The van der Waals surface area contributed by atoms with Crippen molar-refractivity contribution in [3.8, 4) is 5.75 Å². The van der Waals surface area contributed by atoms with Crippen LogP contribution in [0.2, 0.25) is 0 Å². The van der Waals surface area contributed by atoms with E-state index in [1.165, 1.54) is 24.3 Å². The number of hydrogen-bond acceptors (Lipinski definition) is 3. The molecule has 0 aliphatic heterocycles. The Hall–Kier alpha value is -2.44. The highest BCUT2D eigenvalue weighted by molar-refractivity contribution is 5.94. The van der Waals surface area contributed by atoms with Gasteiger partial charge in [0.05, 0.1) is 5.69 Å². The van der Waals surface area contributed by atoms with Crippen LogP contribution >= 0.6 is 0 Å². The Morgan fingerprint density at radius 2 is 2.24 bits per heavy atom. The first-order valence-corrected chi connectivity index (χ1v) is 6.28. The first kappa shape index (κ1) is 15.0. The molecule has 0 saturated heterocycles. The Labute approximate surface area is 120 Å². The van der Waals surface area contributed by atoms with E-state index in [4.69, 9.17) is 0 Å². The minimum absolute atomic E-state index is 0.0461. The number of aryl methyl sites for hydroxylation is 2. The van der Waals surface area contributed by atoms with Crippen molar-refractivity contribution >= 4 is 5.91 Å². The van der Waals surface area contributed by atoms with Gasteiger partial charge >= 0.3 is 6.61 Å². The van der Waals surface area contributed by atoms with E-state index in [9.17, 15) is 13.6 Å². The largest absolute Gasteiger partial charge is 0.435 e. The summed E-state index contributed by atoms with van der Waals surface area (Å²) in [7, 11) is 1.80. The van der Waals surface area contributed by atoms with Gasteiger partial charge in [0.25, 0.3) is 5.91 Å². The number of halogens is 2. The van der Waals surface area contributed by atoms with E-state index in [0.29, 0.717) is 6.54 Å². The van der Waals surface area contributed by atoms with Gasteiger partial charge in [0.15, 0.2) is 0 Å². The summed E-state index contributed by atoms with van der Waals surface area (Å²) in [5.41, 5.74) is 1.98. The molecule has 0 aliphatic carbocycles. The molecule has 0 radical (unpaired) electrons. The highest BCUT2D eigenvalue weighted by atomic mass is 19.3. The molecular weight excluding hydrogens is 280 g/mol. The number of carbonyl (C=O) groups is 1. The number of nitrogens with one attached hydrogen (secondary N) is 1. The molecule has 2 aromatic rings. The van der Waals surface area contributed by atoms with E-state index >= 15 is 0 Å². The zero-order valence-corrected chi connectivity index (χ0v) is 11.6. The molecule has 1 heterocycles. The molecule has 0 atom stereocenters. The lowest BCUT2D eigenvalue weighted by Crippen LogP contribution is -2.23. The summed E-state index contributed by atoms with van der Waals surface area (Å²) in [6, 6.07) is 5.66. The Morgan fingerprint density at radius 1 is 1.48 bits per heavy atom. The number of hydrogen-bond donors (Lipinski definition) is 1. The van der Waals surface area contributed by atoms with E-state index in [0.717, 1.165) is 11.3 Å². The molecule has 0 spiro atoms. The highest BCUT2D eigenvalue weighted by Gasteiger charge is 2.10. The van der Waals surface area contributed by atoms with Crippen LogP contribution in [-0.4, -0.2) is 22.3 Å². The maximum Gasteiger partial charge on any atom is 0.387 e. The molecular formula is C14H15F2N3O2. The number of alkyl halides is 2. The number of carbonyl (C=O) groups excluding carboxylic acids is 1. The summed E-state index contributed by atoms with van der Waals surface area (Å²) in [6.07, 6.45) is 1.81. The first-order chi connectivity index (χ1) is 9.95. The van der Waals surface area contributed by atoms with E-state index in [-0.39, 0.29) is 17.2 Å². The van der Waals surface area contributed by atoms with Crippen molar-refractivity contribution in [1.29, 1.82) is 0 Å². The average molecular weight is 295 g/mol. The molecule has 0 saturated carbocycles. The van der Waals surface area contributed by atoms with Crippen molar-refractivity contribution in [2.24, 2.45) is 7.05 Å². The fraction of sp³-hybridized carbons (Fsp3) is 0.286. The number of rotatable bonds is 5. The van der Waals surface area contributed by atoms with Crippen molar-refractivity contribution in [3.05, 3.63) is 47.3 Å². The van der Waals surface area contributed by atoms with Crippen LogP contribution in [0.4, 0.5) is 8.78 Å². The molecule has 1 amide bonds. The van der Waals surface area contributed by atoms with E-state index in [2.05, 4.69) is 15.2 Å². The third-order valence-corrected chi connectivity index (χ3v) is 2.88. The summed E-state index contributed by atoms with van der Waals surface area (Å²) in [5.74, 6) is -0.409. The minimum Gasteiger partial charge on any atom is -0.435 e. The maximum absolute atomic E-state index is 12.1. The van der Waals surface area contributed by atoms with Crippen LogP contribution in [0.15, 0.2) is 30.5 Å². The summed E-state index contributed by atoms with van der Waals surface area (Å²) in [6.45, 7) is -0.752. The molecule has 1 N–H and O–H groups in total. The molecule has 0 fully saturated rings. The van der Waals surface area contributed by atoms with Gasteiger partial charge in [0.1, 0.15) is 5.75 Å².